The fourth-order valence-electron chi connectivity index (χ4n) is 2.41. The Balaban J connectivity index is 1.97. The molecule has 0 N–H and O–H groups in total. The van der Waals surface area contributed by atoms with Gasteiger partial charge in [-0.15, -0.1) is 0 Å². The van der Waals surface area contributed by atoms with Crippen LogP contribution in [-0.4, -0.2) is 11.3 Å². The third-order valence-electron chi connectivity index (χ3n) is 3.73. The minimum absolute atomic E-state index is 0.211. The van der Waals surface area contributed by atoms with Crippen molar-refractivity contribution in [3.05, 3.63) is 29.3 Å². The highest BCUT2D eigenvalue weighted by molar-refractivity contribution is 7.67. The molecule has 0 nitrogen and oxygen atoms in total. The van der Waals surface area contributed by atoms with Gasteiger partial charge in [-0.05, 0) is 67.3 Å². The van der Waals surface area contributed by atoms with Crippen molar-refractivity contribution >= 4 is 13.2 Å². The number of benzene rings is 1. The van der Waals surface area contributed by atoms with E-state index in [0.717, 1.165) is 11.3 Å². The van der Waals surface area contributed by atoms with Crippen LogP contribution in [0.2, 0.25) is 0 Å². The van der Waals surface area contributed by atoms with Crippen LogP contribution in [-0.2, 0) is 0 Å². The van der Waals surface area contributed by atoms with Crippen molar-refractivity contribution in [2.75, 3.05) is 0 Å². The lowest BCUT2D eigenvalue weighted by Gasteiger charge is -2.20. The zero-order valence-corrected chi connectivity index (χ0v) is 10.6. The summed E-state index contributed by atoms with van der Waals surface area (Å²) in [4.78, 5) is 0. The highest BCUT2D eigenvalue weighted by atomic mass is 31.1. The van der Waals surface area contributed by atoms with Crippen molar-refractivity contribution in [1.82, 2.24) is 0 Å². The molecule has 15 heavy (non-hydrogen) atoms. The molecule has 80 valence electrons. The molecular formula is C14H19P. The van der Waals surface area contributed by atoms with E-state index in [1.54, 1.807) is 10.9 Å². The molecule has 2 aliphatic rings. The second-order valence-electron chi connectivity index (χ2n) is 5.09. The van der Waals surface area contributed by atoms with Gasteiger partial charge < -0.3 is 0 Å². The minimum atomic E-state index is 0.211. The van der Waals surface area contributed by atoms with Crippen LogP contribution in [0.1, 0.15) is 36.8 Å². The summed E-state index contributed by atoms with van der Waals surface area (Å²) in [6.07, 6.45) is 6.04. The van der Waals surface area contributed by atoms with E-state index in [4.69, 9.17) is 0 Å². The zero-order chi connectivity index (χ0) is 10.4. The Hall–Kier alpha value is -0.350. The molecule has 0 atom stereocenters. The number of aryl methyl sites for hydroxylation is 1. The predicted octanol–water partition coefficient (Wildman–Crippen LogP) is 3.74. The molecule has 1 aromatic rings. The maximum absolute atomic E-state index is 2.41. The van der Waals surface area contributed by atoms with Gasteiger partial charge in [0.15, 0.2) is 0 Å². The molecule has 0 unspecified atom stereocenters. The van der Waals surface area contributed by atoms with Gasteiger partial charge in [-0.25, -0.2) is 0 Å². The summed E-state index contributed by atoms with van der Waals surface area (Å²) in [7, 11) is 0.211. The molecule has 1 aromatic carbocycles. The van der Waals surface area contributed by atoms with E-state index in [2.05, 4.69) is 32.0 Å². The number of hydrogen-bond acceptors (Lipinski definition) is 0. The van der Waals surface area contributed by atoms with Crippen LogP contribution in [0.15, 0.2) is 18.2 Å². The number of hydrogen-bond donors (Lipinski definition) is 0. The SMILES string of the molecule is Cc1cccc(P(C2CC2)C2CC2)c1C. The molecule has 0 bridgehead atoms. The van der Waals surface area contributed by atoms with E-state index >= 15 is 0 Å². The van der Waals surface area contributed by atoms with Crippen LogP contribution in [0.3, 0.4) is 0 Å². The second kappa shape index (κ2) is 3.59. The lowest BCUT2D eigenvalue weighted by molar-refractivity contribution is 1.34. The van der Waals surface area contributed by atoms with Crippen LogP contribution in [0, 0.1) is 13.8 Å². The van der Waals surface area contributed by atoms with Gasteiger partial charge in [-0.1, -0.05) is 26.1 Å². The van der Waals surface area contributed by atoms with Gasteiger partial charge in [0.1, 0.15) is 0 Å². The summed E-state index contributed by atoms with van der Waals surface area (Å²) in [6.45, 7) is 4.58. The van der Waals surface area contributed by atoms with Gasteiger partial charge in [0, 0.05) is 0 Å². The lowest BCUT2D eigenvalue weighted by atomic mass is 10.1. The summed E-state index contributed by atoms with van der Waals surface area (Å²) in [6, 6.07) is 6.93. The molecule has 3 rings (SSSR count). The Labute approximate surface area is 93.8 Å². The fourth-order valence-corrected chi connectivity index (χ4v) is 6.03. The highest BCUT2D eigenvalue weighted by Crippen LogP contribution is 2.63. The molecule has 0 heterocycles. The number of rotatable bonds is 3. The van der Waals surface area contributed by atoms with E-state index in [0.29, 0.717) is 0 Å². The molecule has 0 aromatic heterocycles. The third kappa shape index (κ3) is 1.85. The molecule has 0 saturated heterocycles. The third-order valence-corrected chi connectivity index (χ3v) is 7.38. The summed E-state index contributed by atoms with van der Waals surface area (Å²) in [5.74, 6) is 0. The van der Waals surface area contributed by atoms with Crippen molar-refractivity contribution in [1.29, 1.82) is 0 Å². The fraction of sp³-hybridized carbons (Fsp3) is 0.571. The summed E-state index contributed by atoms with van der Waals surface area (Å²) < 4.78 is 0. The van der Waals surface area contributed by atoms with Crippen molar-refractivity contribution in [2.45, 2.75) is 50.8 Å². The first-order chi connectivity index (χ1) is 7.27. The van der Waals surface area contributed by atoms with Crippen molar-refractivity contribution < 1.29 is 0 Å². The molecule has 0 aliphatic heterocycles. The Morgan fingerprint density at radius 2 is 1.60 bits per heavy atom. The van der Waals surface area contributed by atoms with Crippen molar-refractivity contribution in [3.8, 4) is 0 Å². The second-order valence-corrected chi connectivity index (χ2v) is 7.85. The summed E-state index contributed by atoms with van der Waals surface area (Å²) in [5, 5.41) is 1.73. The van der Waals surface area contributed by atoms with Crippen LogP contribution in [0.25, 0.3) is 0 Å². The van der Waals surface area contributed by atoms with Gasteiger partial charge in [0.25, 0.3) is 0 Å². The van der Waals surface area contributed by atoms with E-state index < -0.39 is 0 Å². The first-order valence-corrected chi connectivity index (χ1v) is 7.60. The Kier molecular flexibility index (Phi) is 2.36. The van der Waals surface area contributed by atoms with Gasteiger partial charge in [0.2, 0.25) is 0 Å². The standard InChI is InChI=1S/C14H19P/c1-10-4-3-5-14(11(10)2)15(12-6-7-12)13-8-9-13/h3-5,12-13H,6-9H2,1-2H3. The molecule has 0 amide bonds. The van der Waals surface area contributed by atoms with E-state index in [1.807, 2.05) is 0 Å². The Morgan fingerprint density at radius 1 is 1.00 bits per heavy atom. The zero-order valence-electron chi connectivity index (χ0n) is 9.66. The maximum Gasteiger partial charge on any atom is -0.0166 e. The smallest absolute Gasteiger partial charge is 0.0166 e. The average molecular weight is 218 g/mol. The lowest BCUT2D eigenvalue weighted by Crippen LogP contribution is -2.12. The first kappa shape index (κ1) is 9.85. The topological polar surface area (TPSA) is 0 Å². The average Bonchev–Trinajstić information content (AvgIpc) is 3.06. The summed E-state index contributed by atoms with van der Waals surface area (Å²) >= 11 is 0. The predicted molar refractivity (Wildman–Crippen MR) is 68.5 cm³/mol. The van der Waals surface area contributed by atoms with Crippen molar-refractivity contribution in [2.24, 2.45) is 0 Å². The monoisotopic (exact) mass is 218 g/mol. The molecule has 1 heteroatoms. The first-order valence-electron chi connectivity index (χ1n) is 6.12. The van der Waals surface area contributed by atoms with Crippen LogP contribution in [0.5, 0.6) is 0 Å². The van der Waals surface area contributed by atoms with Gasteiger partial charge in [0.05, 0.1) is 0 Å². The van der Waals surface area contributed by atoms with Crippen LogP contribution < -0.4 is 5.30 Å². The van der Waals surface area contributed by atoms with Crippen molar-refractivity contribution in [3.63, 3.8) is 0 Å². The highest BCUT2D eigenvalue weighted by Gasteiger charge is 2.42. The van der Waals surface area contributed by atoms with Crippen LogP contribution >= 0.6 is 7.92 Å². The van der Waals surface area contributed by atoms with Gasteiger partial charge in [-0.3, -0.25) is 0 Å². The maximum atomic E-state index is 2.41. The van der Waals surface area contributed by atoms with E-state index in [-0.39, 0.29) is 7.92 Å². The van der Waals surface area contributed by atoms with E-state index in [9.17, 15) is 0 Å². The molecule has 2 aliphatic carbocycles. The van der Waals surface area contributed by atoms with Gasteiger partial charge >= 0.3 is 0 Å². The largest absolute Gasteiger partial charge is 0.0687 e. The molecule has 0 spiro atoms. The normalized spacial score (nSPS) is 21.0. The van der Waals surface area contributed by atoms with Crippen LogP contribution in [0.4, 0.5) is 0 Å². The Morgan fingerprint density at radius 3 is 2.13 bits per heavy atom. The minimum Gasteiger partial charge on any atom is -0.0687 e. The molecular weight excluding hydrogens is 199 g/mol. The van der Waals surface area contributed by atoms with Gasteiger partial charge in [-0.2, -0.15) is 0 Å². The molecule has 2 saturated carbocycles. The molecule has 0 radical (unpaired) electrons. The van der Waals surface area contributed by atoms with E-state index in [1.165, 1.54) is 31.2 Å². The molecule has 2 fully saturated rings. The quantitative estimate of drug-likeness (QED) is 0.678. The Bertz CT molecular complexity index is 363. The summed E-state index contributed by atoms with van der Waals surface area (Å²) in [5.41, 5.74) is 5.25.